The van der Waals surface area contributed by atoms with Crippen molar-refractivity contribution in [1.82, 2.24) is 19.1 Å². The summed E-state index contributed by atoms with van der Waals surface area (Å²) < 4.78 is 40.9. The maximum Gasteiger partial charge on any atom is 0.219 e. The average Bonchev–Trinajstić information content (AvgIpc) is 2.93. The van der Waals surface area contributed by atoms with Gasteiger partial charge in [0.2, 0.25) is 10.0 Å². The Bertz CT molecular complexity index is 767. The Morgan fingerprint density at radius 3 is 2.48 bits per heavy atom. The summed E-state index contributed by atoms with van der Waals surface area (Å²) in [5.74, 6) is 0.222. The van der Waals surface area contributed by atoms with E-state index in [2.05, 4.69) is 10.1 Å². The Balaban J connectivity index is 1.64. The molecular weight excluding hydrogens is 321 g/mol. The molecule has 0 saturated carbocycles. The second-order valence-electron chi connectivity index (χ2n) is 5.42. The quantitative estimate of drug-likeness (QED) is 0.816. The summed E-state index contributed by atoms with van der Waals surface area (Å²) in [7, 11) is -1.65. The number of pyridine rings is 1. The summed E-state index contributed by atoms with van der Waals surface area (Å²) in [4.78, 5) is 5.99. The van der Waals surface area contributed by atoms with Crippen LogP contribution in [0.3, 0.4) is 0 Å². The standard InChI is InChI=1S/C14H18FN5O2S/c1-18-13(4-5-17-18)11-23(21,22)20-8-6-19(7-9-20)14-3-2-12(15)10-16-14/h2-5,10H,6-9,11H2,1H3. The lowest BCUT2D eigenvalue weighted by Crippen LogP contribution is -2.49. The van der Waals surface area contributed by atoms with Crippen LogP contribution < -0.4 is 4.90 Å². The van der Waals surface area contributed by atoms with Crippen LogP contribution in [0.4, 0.5) is 10.2 Å². The molecular formula is C14H18FN5O2S. The Labute approximate surface area is 134 Å². The fourth-order valence-electron chi connectivity index (χ4n) is 2.57. The number of rotatable bonds is 4. The molecule has 1 saturated heterocycles. The van der Waals surface area contributed by atoms with Crippen molar-refractivity contribution in [3.63, 3.8) is 0 Å². The van der Waals surface area contributed by atoms with Gasteiger partial charge in [0.05, 0.1) is 11.9 Å². The smallest absolute Gasteiger partial charge is 0.219 e. The Kier molecular flexibility index (Phi) is 4.31. The third-order valence-electron chi connectivity index (χ3n) is 3.92. The summed E-state index contributed by atoms with van der Waals surface area (Å²) in [5.41, 5.74) is 0.660. The van der Waals surface area contributed by atoms with Gasteiger partial charge < -0.3 is 4.90 Å². The van der Waals surface area contributed by atoms with Gasteiger partial charge in [-0.2, -0.15) is 9.40 Å². The zero-order valence-corrected chi connectivity index (χ0v) is 13.6. The van der Waals surface area contributed by atoms with Gasteiger partial charge in [-0.05, 0) is 18.2 Å². The monoisotopic (exact) mass is 339 g/mol. The lowest BCUT2D eigenvalue weighted by atomic mass is 10.3. The van der Waals surface area contributed by atoms with Crippen LogP contribution in [0, 0.1) is 5.82 Å². The van der Waals surface area contributed by atoms with Crippen molar-refractivity contribution in [3.05, 3.63) is 42.1 Å². The van der Waals surface area contributed by atoms with Crippen molar-refractivity contribution in [2.24, 2.45) is 7.05 Å². The number of sulfonamides is 1. The van der Waals surface area contributed by atoms with Gasteiger partial charge in [0, 0.05) is 39.4 Å². The molecule has 2 aromatic heterocycles. The normalized spacial score (nSPS) is 16.7. The van der Waals surface area contributed by atoms with E-state index in [1.165, 1.54) is 16.6 Å². The lowest BCUT2D eigenvalue weighted by Gasteiger charge is -2.34. The van der Waals surface area contributed by atoms with E-state index >= 15 is 0 Å². The van der Waals surface area contributed by atoms with E-state index in [-0.39, 0.29) is 11.6 Å². The highest BCUT2D eigenvalue weighted by molar-refractivity contribution is 7.88. The summed E-state index contributed by atoms with van der Waals surface area (Å²) in [6, 6.07) is 4.67. The molecule has 3 heterocycles. The summed E-state index contributed by atoms with van der Waals surface area (Å²) in [6.07, 6.45) is 2.75. The fraction of sp³-hybridized carbons (Fsp3) is 0.429. The molecule has 7 nitrogen and oxygen atoms in total. The first kappa shape index (κ1) is 15.9. The van der Waals surface area contributed by atoms with Crippen LogP contribution >= 0.6 is 0 Å². The molecule has 0 atom stereocenters. The minimum atomic E-state index is -3.38. The number of aryl methyl sites for hydroxylation is 1. The lowest BCUT2D eigenvalue weighted by molar-refractivity contribution is 0.382. The Morgan fingerprint density at radius 1 is 1.17 bits per heavy atom. The van der Waals surface area contributed by atoms with Crippen molar-refractivity contribution in [2.75, 3.05) is 31.1 Å². The SMILES string of the molecule is Cn1nccc1CS(=O)(=O)N1CCN(c2ccc(F)cn2)CC1. The third-order valence-corrected chi connectivity index (χ3v) is 5.73. The molecule has 2 aromatic rings. The predicted octanol–water partition coefficient (Wildman–Crippen LogP) is 0.606. The topological polar surface area (TPSA) is 71.3 Å². The molecule has 0 aliphatic carbocycles. The summed E-state index contributed by atoms with van der Waals surface area (Å²) >= 11 is 0. The van der Waals surface area contributed by atoms with Gasteiger partial charge in [-0.25, -0.2) is 17.8 Å². The maximum absolute atomic E-state index is 12.9. The number of anilines is 1. The van der Waals surface area contributed by atoms with Crippen LogP contribution in [-0.4, -0.2) is 53.7 Å². The highest BCUT2D eigenvalue weighted by atomic mass is 32.2. The molecule has 0 spiro atoms. The predicted molar refractivity (Wildman–Crippen MR) is 83.8 cm³/mol. The molecule has 124 valence electrons. The number of aromatic nitrogens is 3. The number of piperazine rings is 1. The molecule has 1 aliphatic rings. The van der Waals surface area contributed by atoms with Crippen LogP contribution in [0.1, 0.15) is 5.69 Å². The van der Waals surface area contributed by atoms with Gasteiger partial charge in [0.1, 0.15) is 17.4 Å². The third kappa shape index (κ3) is 3.50. The number of halogens is 1. The highest BCUT2D eigenvalue weighted by Crippen LogP contribution is 2.17. The molecule has 0 aromatic carbocycles. The van der Waals surface area contributed by atoms with E-state index in [4.69, 9.17) is 0 Å². The van der Waals surface area contributed by atoms with Crippen LogP contribution in [0.25, 0.3) is 0 Å². The Hall–Kier alpha value is -2.00. The van der Waals surface area contributed by atoms with Gasteiger partial charge in [-0.3, -0.25) is 4.68 Å². The van der Waals surface area contributed by atoms with Gasteiger partial charge in [0.25, 0.3) is 0 Å². The zero-order chi connectivity index (χ0) is 16.4. The molecule has 0 radical (unpaired) electrons. The maximum atomic E-state index is 12.9. The van der Waals surface area contributed by atoms with E-state index in [0.29, 0.717) is 37.7 Å². The van der Waals surface area contributed by atoms with Crippen LogP contribution in [0.15, 0.2) is 30.6 Å². The van der Waals surface area contributed by atoms with Crippen molar-refractivity contribution in [3.8, 4) is 0 Å². The van der Waals surface area contributed by atoms with E-state index in [0.717, 1.165) is 0 Å². The largest absolute Gasteiger partial charge is 0.354 e. The molecule has 0 unspecified atom stereocenters. The van der Waals surface area contributed by atoms with Crippen molar-refractivity contribution >= 4 is 15.8 Å². The van der Waals surface area contributed by atoms with Gasteiger partial charge >= 0.3 is 0 Å². The van der Waals surface area contributed by atoms with E-state index in [1.54, 1.807) is 30.1 Å². The fourth-order valence-corrected chi connectivity index (χ4v) is 4.13. The van der Waals surface area contributed by atoms with E-state index in [1.807, 2.05) is 4.90 Å². The molecule has 0 amide bonds. The second kappa shape index (κ2) is 6.25. The average molecular weight is 339 g/mol. The van der Waals surface area contributed by atoms with Gasteiger partial charge in [-0.15, -0.1) is 0 Å². The Morgan fingerprint density at radius 2 is 1.91 bits per heavy atom. The van der Waals surface area contributed by atoms with Crippen LogP contribution in [0.5, 0.6) is 0 Å². The van der Waals surface area contributed by atoms with E-state index in [9.17, 15) is 12.8 Å². The van der Waals surface area contributed by atoms with Crippen LogP contribution in [0.2, 0.25) is 0 Å². The molecule has 23 heavy (non-hydrogen) atoms. The molecule has 3 rings (SSSR count). The van der Waals surface area contributed by atoms with Gasteiger partial charge in [-0.1, -0.05) is 0 Å². The first-order valence-corrected chi connectivity index (χ1v) is 8.88. The minimum Gasteiger partial charge on any atom is -0.354 e. The molecule has 1 fully saturated rings. The van der Waals surface area contributed by atoms with Crippen molar-refractivity contribution < 1.29 is 12.8 Å². The summed E-state index contributed by atoms with van der Waals surface area (Å²) in [5, 5.41) is 3.99. The minimum absolute atomic E-state index is 0.0572. The molecule has 9 heteroatoms. The first-order valence-electron chi connectivity index (χ1n) is 7.27. The van der Waals surface area contributed by atoms with E-state index < -0.39 is 10.0 Å². The number of hydrogen-bond acceptors (Lipinski definition) is 5. The molecule has 0 bridgehead atoms. The number of nitrogens with zero attached hydrogens (tertiary/aromatic N) is 5. The zero-order valence-electron chi connectivity index (χ0n) is 12.8. The first-order chi connectivity index (χ1) is 11.0. The molecule has 1 aliphatic heterocycles. The molecule has 0 N–H and O–H groups in total. The second-order valence-corrected chi connectivity index (χ2v) is 7.39. The highest BCUT2D eigenvalue weighted by Gasteiger charge is 2.28. The van der Waals surface area contributed by atoms with Gasteiger partial charge in [0.15, 0.2) is 0 Å². The van der Waals surface area contributed by atoms with Crippen molar-refractivity contribution in [1.29, 1.82) is 0 Å². The summed E-state index contributed by atoms with van der Waals surface area (Å²) in [6.45, 7) is 1.84. The number of hydrogen-bond donors (Lipinski definition) is 0. The van der Waals surface area contributed by atoms with Crippen molar-refractivity contribution in [2.45, 2.75) is 5.75 Å². The van der Waals surface area contributed by atoms with Crippen LogP contribution in [-0.2, 0) is 22.8 Å².